The number of hydrogen-bond donors (Lipinski definition) is 3. The number of carbonyl (C=O) groups is 2. The number of rotatable bonds is 8. The molecule has 1 aromatic rings. The molecule has 0 aromatic heterocycles. The van der Waals surface area contributed by atoms with Crippen LogP contribution in [0.1, 0.15) is 5.56 Å². The van der Waals surface area contributed by atoms with E-state index in [-0.39, 0.29) is 26.1 Å². The Morgan fingerprint density at radius 3 is 2.33 bits per heavy atom. The van der Waals surface area contributed by atoms with Gasteiger partial charge in [0.1, 0.15) is 18.2 Å². The average Bonchev–Trinajstić information content (AvgIpc) is 2.36. The molecule has 0 saturated heterocycles. The Labute approximate surface area is 120 Å². The van der Waals surface area contributed by atoms with E-state index in [0.717, 1.165) is 6.07 Å². The van der Waals surface area contributed by atoms with Gasteiger partial charge in [0.2, 0.25) is 0 Å². The number of carboxylic acid groups (broad SMARTS) is 1. The van der Waals surface area contributed by atoms with E-state index in [0.29, 0.717) is 5.56 Å². The fourth-order valence-corrected chi connectivity index (χ4v) is 1.53. The summed E-state index contributed by atoms with van der Waals surface area (Å²) in [5.41, 5.74) is 0.442. The molecule has 3 N–H and O–H groups in total. The third kappa shape index (κ3) is 7.83. The highest BCUT2D eigenvalue weighted by atomic mass is 19.1. The minimum absolute atomic E-state index is 0.0782. The molecule has 0 aliphatic rings. The first-order chi connectivity index (χ1) is 9.97. The number of halogens is 2. The van der Waals surface area contributed by atoms with Gasteiger partial charge in [0.25, 0.3) is 0 Å². The molecular weight excluding hydrogens is 286 g/mol. The summed E-state index contributed by atoms with van der Waals surface area (Å²) in [5.74, 6) is -2.41. The van der Waals surface area contributed by atoms with Crippen molar-refractivity contribution in [2.75, 3.05) is 26.3 Å². The number of carboxylic acids is 1. The maximum Gasteiger partial charge on any atom is 0.329 e. The molecule has 0 saturated carbocycles. The summed E-state index contributed by atoms with van der Waals surface area (Å²) < 4.78 is 30.5. The average molecular weight is 302 g/mol. The molecular formula is C13H16F2N2O4. The van der Waals surface area contributed by atoms with Crippen molar-refractivity contribution in [2.24, 2.45) is 0 Å². The van der Waals surface area contributed by atoms with Crippen LogP contribution < -0.4 is 10.6 Å². The van der Waals surface area contributed by atoms with Gasteiger partial charge in [-0.1, -0.05) is 0 Å². The van der Waals surface area contributed by atoms with Crippen LogP contribution in [0.4, 0.5) is 13.6 Å². The molecule has 21 heavy (non-hydrogen) atoms. The summed E-state index contributed by atoms with van der Waals surface area (Å²) in [7, 11) is 0. The fraction of sp³-hybridized carbons (Fsp3) is 0.385. The van der Waals surface area contributed by atoms with Crippen LogP contribution in [-0.2, 0) is 16.0 Å². The third-order valence-corrected chi connectivity index (χ3v) is 2.38. The highest BCUT2D eigenvalue weighted by Gasteiger charge is 2.03. The van der Waals surface area contributed by atoms with Crippen molar-refractivity contribution in [1.82, 2.24) is 10.6 Å². The second-order valence-electron chi connectivity index (χ2n) is 4.16. The summed E-state index contributed by atoms with van der Waals surface area (Å²) in [6, 6.07) is 2.71. The van der Waals surface area contributed by atoms with E-state index in [1.165, 1.54) is 12.1 Å². The number of aliphatic carboxylic acids is 1. The van der Waals surface area contributed by atoms with E-state index >= 15 is 0 Å². The normalized spacial score (nSPS) is 10.2. The van der Waals surface area contributed by atoms with Gasteiger partial charge in [-0.25, -0.2) is 18.4 Å². The summed E-state index contributed by atoms with van der Waals surface area (Å²) in [4.78, 5) is 21.5. The van der Waals surface area contributed by atoms with Crippen LogP contribution in [-0.4, -0.2) is 43.4 Å². The zero-order valence-electron chi connectivity index (χ0n) is 11.2. The van der Waals surface area contributed by atoms with Crippen molar-refractivity contribution >= 4 is 12.0 Å². The number of hydrogen-bond acceptors (Lipinski definition) is 3. The van der Waals surface area contributed by atoms with Gasteiger partial charge >= 0.3 is 12.0 Å². The van der Waals surface area contributed by atoms with Crippen molar-refractivity contribution < 1.29 is 28.2 Å². The number of carbonyl (C=O) groups excluding carboxylic acids is 1. The monoisotopic (exact) mass is 302 g/mol. The van der Waals surface area contributed by atoms with Crippen LogP contribution >= 0.6 is 0 Å². The van der Waals surface area contributed by atoms with Gasteiger partial charge in [-0.15, -0.1) is 0 Å². The minimum atomic E-state index is -1.08. The van der Waals surface area contributed by atoms with Crippen molar-refractivity contribution in [3.8, 4) is 0 Å². The molecule has 0 unspecified atom stereocenters. The van der Waals surface area contributed by atoms with Crippen molar-refractivity contribution in [2.45, 2.75) is 6.42 Å². The van der Waals surface area contributed by atoms with E-state index < -0.39 is 30.2 Å². The number of amides is 2. The van der Waals surface area contributed by atoms with E-state index in [1.54, 1.807) is 0 Å². The standard InChI is InChI=1S/C13H16F2N2O4/c14-10-5-9(6-11(15)7-10)1-2-16-13(20)17-3-4-21-8-12(18)19/h5-7H,1-4,8H2,(H,18,19)(H2,16,17,20). The van der Waals surface area contributed by atoms with Gasteiger partial charge in [0.05, 0.1) is 6.61 Å². The Morgan fingerprint density at radius 2 is 1.71 bits per heavy atom. The molecule has 0 fully saturated rings. The molecule has 0 atom stereocenters. The Bertz CT molecular complexity index is 477. The predicted molar refractivity (Wildman–Crippen MR) is 69.9 cm³/mol. The first-order valence-electron chi connectivity index (χ1n) is 6.23. The maximum atomic E-state index is 12.9. The van der Waals surface area contributed by atoms with Crippen molar-refractivity contribution in [3.63, 3.8) is 0 Å². The van der Waals surface area contributed by atoms with Crippen molar-refractivity contribution in [3.05, 3.63) is 35.4 Å². The predicted octanol–water partition coefficient (Wildman–Crippen LogP) is 0.908. The zero-order chi connectivity index (χ0) is 15.7. The lowest BCUT2D eigenvalue weighted by molar-refractivity contribution is -0.142. The first kappa shape index (κ1) is 16.8. The van der Waals surface area contributed by atoms with Crippen LogP contribution in [0.3, 0.4) is 0 Å². The zero-order valence-corrected chi connectivity index (χ0v) is 11.2. The summed E-state index contributed by atoms with van der Waals surface area (Å²) in [5, 5.41) is 13.3. The lowest BCUT2D eigenvalue weighted by Crippen LogP contribution is -2.38. The molecule has 0 aliphatic carbocycles. The first-order valence-corrected chi connectivity index (χ1v) is 6.23. The molecule has 6 nitrogen and oxygen atoms in total. The lowest BCUT2D eigenvalue weighted by Gasteiger charge is -2.08. The Balaban J connectivity index is 2.14. The Kier molecular flexibility index (Phi) is 7.10. The molecule has 1 rings (SSSR count). The van der Waals surface area contributed by atoms with E-state index in [2.05, 4.69) is 10.6 Å². The van der Waals surface area contributed by atoms with Gasteiger partial charge in [-0.2, -0.15) is 0 Å². The Morgan fingerprint density at radius 1 is 1.10 bits per heavy atom. The molecule has 8 heteroatoms. The molecule has 0 radical (unpaired) electrons. The second kappa shape index (κ2) is 8.85. The van der Waals surface area contributed by atoms with Gasteiger partial charge in [0, 0.05) is 19.2 Å². The summed E-state index contributed by atoms with van der Waals surface area (Å²) >= 11 is 0. The van der Waals surface area contributed by atoms with Gasteiger partial charge in [0.15, 0.2) is 0 Å². The van der Waals surface area contributed by atoms with Crippen LogP contribution in [0.5, 0.6) is 0 Å². The summed E-state index contributed by atoms with van der Waals surface area (Å²) in [6.45, 7) is 0.0294. The van der Waals surface area contributed by atoms with E-state index in [9.17, 15) is 18.4 Å². The lowest BCUT2D eigenvalue weighted by atomic mass is 10.1. The van der Waals surface area contributed by atoms with Crippen LogP contribution in [0.15, 0.2) is 18.2 Å². The van der Waals surface area contributed by atoms with Gasteiger partial charge in [-0.3, -0.25) is 0 Å². The van der Waals surface area contributed by atoms with Crippen LogP contribution in [0.2, 0.25) is 0 Å². The summed E-state index contributed by atoms with van der Waals surface area (Å²) in [6.07, 6.45) is 0.289. The number of ether oxygens (including phenoxy) is 1. The second-order valence-corrected chi connectivity index (χ2v) is 4.16. The quantitative estimate of drug-likeness (QED) is 0.623. The molecule has 0 bridgehead atoms. The largest absolute Gasteiger partial charge is 0.480 e. The molecule has 0 spiro atoms. The third-order valence-electron chi connectivity index (χ3n) is 2.38. The smallest absolute Gasteiger partial charge is 0.329 e. The highest BCUT2D eigenvalue weighted by Crippen LogP contribution is 2.07. The van der Waals surface area contributed by atoms with Crippen LogP contribution in [0, 0.1) is 11.6 Å². The van der Waals surface area contributed by atoms with Gasteiger partial charge in [-0.05, 0) is 24.1 Å². The fourth-order valence-electron chi connectivity index (χ4n) is 1.53. The minimum Gasteiger partial charge on any atom is -0.480 e. The molecule has 116 valence electrons. The molecule has 2 amide bonds. The molecule has 1 aromatic carbocycles. The van der Waals surface area contributed by atoms with E-state index in [1.807, 2.05) is 0 Å². The number of benzene rings is 1. The van der Waals surface area contributed by atoms with Crippen molar-refractivity contribution in [1.29, 1.82) is 0 Å². The highest BCUT2D eigenvalue weighted by molar-refractivity contribution is 5.73. The Hall–Kier alpha value is -2.22. The molecule has 0 heterocycles. The number of urea groups is 1. The van der Waals surface area contributed by atoms with Crippen LogP contribution in [0.25, 0.3) is 0 Å². The number of nitrogens with one attached hydrogen (secondary N) is 2. The molecule has 0 aliphatic heterocycles. The topological polar surface area (TPSA) is 87.7 Å². The maximum absolute atomic E-state index is 12.9. The van der Waals surface area contributed by atoms with Gasteiger partial charge < -0.3 is 20.5 Å². The SMILES string of the molecule is O=C(O)COCCNC(=O)NCCc1cc(F)cc(F)c1. The van der Waals surface area contributed by atoms with E-state index in [4.69, 9.17) is 9.84 Å².